The standard InChI is InChI=1S/C15H21FN2O/c1-11-4-2-3-5-14(11)18-15(19)10-17-13-8-6-12(16)7-9-13/h6-9,11,14,17H,2-5,10H2,1H3,(H,18,19). The van der Waals surface area contributed by atoms with Crippen molar-refractivity contribution in [3.63, 3.8) is 0 Å². The lowest BCUT2D eigenvalue weighted by Gasteiger charge is -2.29. The number of anilines is 1. The topological polar surface area (TPSA) is 41.1 Å². The number of amides is 1. The molecule has 1 aliphatic rings. The average molecular weight is 264 g/mol. The van der Waals surface area contributed by atoms with Crippen LogP contribution in [-0.4, -0.2) is 18.5 Å². The lowest BCUT2D eigenvalue weighted by Crippen LogP contribution is -2.43. The van der Waals surface area contributed by atoms with Gasteiger partial charge in [0.15, 0.2) is 0 Å². The first-order valence-corrected chi connectivity index (χ1v) is 6.94. The predicted octanol–water partition coefficient (Wildman–Crippen LogP) is 2.93. The van der Waals surface area contributed by atoms with Crippen LogP contribution in [0.4, 0.5) is 10.1 Å². The Morgan fingerprint density at radius 1 is 1.26 bits per heavy atom. The van der Waals surface area contributed by atoms with E-state index in [2.05, 4.69) is 17.6 Å². The van der Waals surface area contributed by atoms with Crippen molar-refractivity contribution in [2.75, 3.05) is 11.9 Å². The molecule has 3 nitrogen and oxygen atoms in total. The van der Waals surface area contributed by atoms with E-state index in [1.54, 1.807) is 12.1 Å². The molecule has 0 heterocycles. The minimum atomic E-state index is -0.272. The van der Waals surface area contributed by atoms with E-state index in [0.29, 0.717) is 12.0 Å². The molecule has 2 N–H and O–H groups in total. The molecule has 1 aromatic rings. The number of hydrogen-bond donors (Lipinski definition) is 2. The third kappa shape index (κ3) is 4.23. The predicted molar refractivity (Wildman–Crippen MR) is 74.5 cm³/mol. The third-order valence-corrected chi connectivity index (χ3v) is 3.76. The highest BCUT2D eigenvalue weighted by Crippen LogP contribution is 2.23. The summed E-state index contributed by atoms with van der Waals surface area (Å²) in [6.07, 6.45) is 4.72. The molecule has 0 bridgehead atoms. The van der Waals surface area contributed by atoms with Crippen LogP contribution >= 0.6 is 0 Å². The smallest absolute Gasteiger partial charge is 0.239 e. The summed E-state index contributed by atoms with van der Waals surface area (Å²) in [5.74, 6) is 0.289. The molecular weight excluding hydrogens is 243 g/mol. The van der Waals surface area contributed by atoms with Gasteiger partial charge in [0, 0.05) is 11.7 Å². The van der Waals surface area contributed by atoms with Gasteiger partial charge in [-0.15, -0.1) is 0 Å². The number of rotatable bonds is 4. The monoisotopic (exact) mass is 264 g/mol. The third-order valence-electron chi connectivity index (χ3n) is 3.76. The number of halogens is 1. The number of nitrogens with one attached hydrogen (secondary N) is 2. The summed E-state index contributed by atoms with van der Waals surface area (Å²) in [5.41, 5.74) is 0.758. The first-order valence-electron chi connectivity index (χ1n) is 6.94. The van der Waals surface area contributed by atoms with Crippen LogP contribution in [0.5, 0.6) is 0 Å². The minimum Gasteiger partial charge on any atom is -0.376 e. The van der Waals surface area contributed by atoms with Crippen molar-refractivity contribution in [3.05, 3.63) is 30.1 Å². The van der Waals surface area contributed by atoms with Gasteiger partial charge in [0.2, 0.25) is 5.91 Å². The fourth-order valence-electron chi connectivity index (χ4n) is 2.54. The van der Waals surface area contributed by atoms with E-state index in [1.165, 1.54) is 31.4 Å². The van der Waals surface area contributed by atoms with E-state index in [-0.39, 0.29) is 18.3 Å². The van der Waals surface area contributed by atoms with E-state index in [4.69, 9.17) is 0 Å². The summed E-state index contributed by atoms with van der Waals surface area (Å²) in [5, 5.41) is 6.07. The van der Waals surface area contributed by atoms with Crippen molar-refractivity contribution in [2.24, 2.45) is 5.92 Å². The molecule has 0 aliphatic heterocycles. The Balaban J connectivity index is 1.76. The molecule has 4 heteroatoms. The van der Waals surface area contributed by atoms with E-state index in [1.807, 2.05) is 0 Å². The van der Waals surface area contributed by atoms with Gasteiger partial charge in [0.05, 0.1) is 6.54 Å². The zero-order chi connectivity index (χ0) is 13.7. The van der Waals surface area contributed by atoms with Crippen LogP contribution in [0.15, 0.2) is 24.3 Å². The van der Waals surface area contributed by atoms with Crippen LogP contribution in [0, 0.1) is 11.7 Å². The van der Waals surface area contributed by atoms with Crippen LogP contribution < -0.4 is 10.6 Å². The molecule has 0 saturated heterocycles. The summed E-state index contributed by atoms with van der Waals surface area (Å²) in [4.78, 5) is 11.8. The Kier molecular flexibility index (Phi) is 4.77. The molecule has 104 valence electrons. The van der Waals surface area contributed by atoms with Crippen LogP contribution in [0.2, 0.25) is 0 Å². The molecule has 1 saturated carbocycles. The Morgan fingerprint density at radius 3 is 2.63 bits per heavy atom. The molecule has 2 unspecified atom stereocenters. The largest absolute Gasteiger partial charge is 0.376 e. The van der Waals surface area contributed by atoms with Gasteiger partial charge < -0.3 is 10.6 Å². The maximum absolute atomic E-state index is 12.7. The molecule has 0 spiro atoms. The molecule has 2 atom stereocenters. The van der Waals surface area contributed by atoms with Gasteiger partial charge in [-0.1, -0.05) is 19.8 Å². The van der Waals surface area contributed by atoms with Crippen molar-refractivity contribution in [2.45, 2.75) is 38.6 Å². The summed E-state index contributed by atoms with van der Waals surface area (Å²) in [7, 11) is 0. The quantitative estimate of drug-likeness (QED) is 0.878. The highest BCUT2D eigenvalue weighted by molar-refractivity contribution is 5.81. The van der Waals surface area contributed by atoms with E-state index in [9.17, 15) is 9.18 Å². The van der Waals surface area contributed by atoms with E-state index >= 15 is 0 Å². The Hall–Kier alpha value is -1.58. The van der Waals surface area contributed by atoms with Gasteiger partial charge in [0.1, 0.15) is 5.82 Å². The minimum absolute atomic E-state index is 0.00285. The second kappa shape index (κ2) is 6.55. The second-order valence-electron chi connectivity index (χ2n) is 5.30. The summed E-state index contributed by atoms with van der Waals surface area (Å²) in [6.45, 7) is 2.42. The molecule has 2 rings (SSSR count). The van der Waals surface area contributed by atoms with Crippen molar-refractivity contribution < 1.29 is 9.18 Å². The van der Waals surface area contributed by atoms with Crippen LogP contribution in [0.3, 0.4) is 0 Å². The molecule has 1 fully saturated rings. The molecule has 1 amide bonds. The maximum Gasteiger partial charge on any atom is 0.239 e. The Morgan fingerprint density at radius 2 is 1.95 bits per heavy atom. The first kappa shape index (κ1) is 13.8. The normalized spacial score (nSPS) is 22.8. The molecule has 1 aromatic carbocycles. The highest BCUT2D eigenvalue weighted by atomic mass is 19.1. The Bertz CT molecular complexity index is 419. The van der Waals surface area contributed by atoms with E-state index in [0.717, 1.165) is 12.1 Å². The van der Waals surface area contributed by atoms with Crippen LogP contribution in [0.25, 0.3) is 0 Å². The fourth-order valence-corrected chi connectivity index (χ4v) is 2.54. The van der Waals surface area contributed by atoms with Gasteiger partial charge in [-0.05, 0) is 43.0 Å². The summed E-state index contributed by atoms with van der Waals surface area (Å²) < 4.78 is 12.7. The fraction of sp³-hybridized carbons (Fsp3) is 0.533. The van der Waals surface area contributed by atoms with Gasteiger partial charge in [0.25, 0.3) is 0 Å². The van der Waals surface area contributed by atoms with Crippen molar-refractivity contribution in [1.82, 2.24) is 5.32 Å². The number of carbonyl (C=O) groups is 1. The van der Waals surface area contributed by atoms with Crippen molar-refractivity contribution in [3.8, 4) is 0 Å². The SMILES string of the molecule is CC1CCCCC1NC(=O)CNc1ccc(F)cc1. The van der Waals surface area contributed by atoms with Gasteiger partial charge >= 0.3 is 0 Å². The maximum atomic E-state index is 12.7. The zero-order valence-electron chi connectivity index (χ0n) is 11.3. The number of carbonyl (C=O) groups excluding carboxylic acids is 1. The number of benzene rings is 1. The van der Waals surface area contributed by atoms with Crippen molar-refractivity contribution >= 4 is 11.6 Å². The lowest BCUT2D eigenvalue weighted by molar-refractivity contribution is -0.120. The van der Waals surface area contributed by atoms with Gasteiger partial charge in [-0.3, -0.25) is 4.79 Å². The molecule has 19 heavy (non-hydrogen) atoms. The summed E-state index contributed by atoms with van der Waals surface area (Å²) >= 11 is 0. The van der Waals surface area contributed by atoms with Crippen LogP contribution in [-0.2, 0) is 4.79 Å². The average Bonchev–Trinajstić information content (AvgIpc) is 2.41. The van der Waals surface area contributed by atoms with Crippen molar-refractivity contribution in [1.29, 1.82) is 0 Å². The zero-order valence-corrected chi connectivity index (χ0v) is 11.3. The molecule has 0 aromatic heterocycles. The van der Waals surface area contributed by atoms with E-state index < -0.39 is 0 Å². The van der Waals surface area contributed by atoms with Crippen LogP contribution in [0.1, 0.15) is 32.6 Å². The molecular formula is C15H21FN2O. The Labute approximate surface area is 113 Å². The number of hydrogen-bond acceptors (Lipinski definition) is 2. The molecule has 1 aliphatic carbocycles. The summed E-state index contributed by atoms with van der Waals surface area (Å²) in [6, 6.07) is 6.32. The second-order valence-corrected chi connectivity index (χ2v) is 5.30. The lowest BCUT2D eigenvalue weighted by atomic mass is 9.86. The highest BCUT2D eigenvalue weighted by Gasteiger charge is 2.22. The van der Waals surface area contributed by atoms with Gasteiger partial charge in [-0.25, -0.2) is 4.39 Å². The van der Waals surface area contributed by atoms with Gasteiger partial charge in [-0.2, -0.15) is 0 Å². The molecule has 0 radical (unpaired) electrons. The first-order chi connectivity index (χ1) is 9.15.